The van der Waals surface area contributed by atoms with Crippen molar-refractivity contribution in [2.24, 2.45) is 0 Å². The van der Waals surface area contributed by atoms with Crippen LogP contribution in [0.15, 0.2) is 122 Å². The van der Waals surface area contributed by atoms with Crippen LogP contribution in [0.4, 0.5) is 0 Å². The molecule has 0 bridgehead atoms. The number of hydrogen-bond acceptors (Lipinski definition) is 15. The van der Waals surface area contributed by atoms with Crippen LogP contribution in [0, 0.1) is 0 Å². The quantitative estimate of drug-likeness (QED) is 0.0169. The molecular formula is C85H146O17P2. The standard InChI is InChI=1S/C85H146O17P2/c1-5-9-13-17-21-25-29-33-35-37-39-41-43-47-49-53-57-61-65-69-82(87)95-75-80(101-84(89)71-67-63-59-55-51-45-31-27-23-19-15-11-7-3)77-99-103(91,92)97-73-79(86)74-98-104(93,94)100-78-81(102-85(90)72-68-64-60-56-52-46-32-28-24-20-16-12-8-4)76-96-83(88)70-66-62-58-54-50-48-44-42-40-38-36-34-30-26-22-18-14-10-6-2/h9,13,21-22,25-26,33-36,39-42,47-50,58,62,79-81,86H,5-8,10-12,14-20,23-24,27-32,37-38,43-46,51-57,59-61,63-78H2,1-4H3,(H,91,92)(H,93,94)/b13-9-,25-21-,26-22-,35-33-,36-34-,41-39-,42-40-,49-47-,50-48-,62-58-/t79-,80-,81-/m1/s1. The van der Waals surface area contributed by atoms with Crippen molar-refractivity contribution >= 4 is 39.5 Å². The van der Waals surface area contributed by atoms with Crippen molar-refractivity contribution in [3.63, 3.8) is 0 Å². The Balaban J connectivity index is 5.41. The lowest BCUT2D eigenvalue weighted by Gasteiger charge is -2.21. The van der Waals surface area contributed by atoms with Gasteiger partial charge in [0.25, 0.3) is 0 Å². The molecule has 0 amide bonds. The molecule has 0 saturated carbocycles. The molecular weight excluding hydrogens is 1350 g/mol. The Morgan fingerprint density at radius 3 is 0.846 bits per heavy atom. The number of esters is 4. The normalized spacial score (nSPS) is 14.5. The van der Waals surface area contributed by atoms with E-state index in [4.69, 9.17) is 37.0 Å². The first-order valence-electron chi connectivity index (χ1n) is 40.8. The molecule has 0 aromatic carbocycles. The Morgan fingerprint density at radius 1 is 0.279 bits per heavy atom. The van der Waals surface area contributed by atoms with Gasteiger partial charge in [-0.05, 0) is 109 Å². The summed E-state index contributed by atoms with van der Waals surface area (Å²) in [4.78, 5) is 73.0. The lowest BCUT2D eigenvalue weighted by molar-refractivity contribution is -0.161. The van der Waals surface area contributed by atoms with Crippen LogP contribution >= 0.6 is 15.6 Å². The van der Waals surface area contributed by atoms with E-state index in [1.807, 2.05) is 12.2 Å². The molecule has 0 aliphatic heterocycles. The van der Waals surface area contributed by atoms with E-state index in [1.54, 1.807) is 0 Å². The fourth-order valence-corrected chi connectivity index (χ4v) is 12.3. The summed E-state index contributed by atoms with van der Waals surface area (Å²) in [7, 11) is -9.98. The number of ether oxygens (including phenoxy) is 4. The SMILES string of the molecule is CC/C=C\C/C=C\C/C=C\C/C=C\C/C=C\CCCCCC(=O)OC[C@H](COP(=O)(O)OC[C@@H](O)COP(=O)(O)OC[C@@H](COC(=O)CC/C=C\C/C=C\C/C=C\C/C=C\C/C=C\CCCCC)OC(=O)CCCCCCCCCCCCCCC)OC(=O)CCCCCCCCCCCCCCC. The van der Waals surface area contributed by atoms with Crippen molar-refractivity contribution in [2.45, 2.75) is 354 Å². The van der Waals surface area contributed by atoms with Crippen molar-refractivity contribution in [1.82, 2.24) is 0 Å². The van der Waals surface area contributed by atoms with Crippen LogP contribution in [0.2, 0.25) is 0 Å². The molecule has 3 N–H and O–H groups in total. The fraction of sp³-hybridized carbons (Fsp3) is 0.718. The van der Waals surface area contributed by atoms with Crippen LogP contribution in [0.3, 0.4) is 0 Å². The molecule has 104 heavy (non-hydrogen) atoms. The summed E-state index contributed by atoms with van der Waals surface area (Å²) in [6, 6.07) is 0. The third-order valence-corrected chi connectivity index (χ3v) is 18.9. The Morgan fingerprint density at radius 2 is 0.519 bits per heavy atom. The van der Waals surface area contributed by atoms with Gasteiger partial charge in [0, 0.05) is 25.7 Å². The highest BCUT2D eigenvalue weighted by molar-refractivity contribution is 7.47. The Kier molecular flexibility index (Phi) is 73.3. The molecule has 5 atom stereocenters. The second-order valence-corrected chi connectivity index (χ2v) is 29.9. The van der Waals surface area contributed by atoms with Gasteiger partial charge in [0.2, 0.25) is 0 Å². The summed E-state index contributed by atoms with van der Waals surface area (Å²) in [5.74, 6) is -2.29. The van der Waals surface area contributed by atoms with Gasteiger partial charge in [-0.1, -0.05) is 323 Å². The smallest absolute Gasteiger partial charge is 0.462 e. The minimum Gasteiger partial charge on any atom is -0.462 e. The van der Waals surface area contributed by atoms with Crippen molar-refractivity contribution in [2.75, 3.05) is 39.6 Å². The summed E-state index contributed by atoms with van der Waals surface area (Å²) in [5, 5.41) is 10.6. The molecule has 0 spiro atoms. The van der Waals surface area contributed by atoms with Crippen LogP contribution in [0.25, 0.3) is 0 Å². The third-order valence-electron chi connectivity index (χ3n) is 17.0. The number of aliphatic hydroxyl groups is 1. The maximum atomic E-state index is 13.1. The maximum absolute atomic E-state index is 13.1. The molecule has 0 aromatic heterocycles. The first kappa shape index (κ1) is 99.5. The average molecular weight is 1500 g/mol. The third kappa shape index (κ3) is 75.7. The molecule has 19 heteroatoms. The second-order valence-electron chi connectivity index (χ2n) is 27.0. The van der Waals surface area contributed by atoms with Gasteiger partial charge in [-0.15, -0.1) is 0 Å². The lowest BCUT2D eigenvalue weighted by atomic mass is 10.0. The number of allylic oxidation sites excluding steroid dienone is 20. The van der Waals surface area contributed by atoms with E-state index in [0.29, 0.717) is 32.1 Å². The molecule has 2 unspecified atom stereocenters. The minimum absolute atomic E-state index is 0.0384. The number of rotatable bonds is 76. The average Bonchev–Trinajstić information content (AvgIpc) is 0.913. The van der Waals surface area contributed by atoms with Crippen LogP contribution in [0.5, 0.6) is 0 Å². The van der Waals surface area contributed by atoms with E-state index < -0.39 is 97.5 Å². The van der Waals surface area contributed by atoms with Crippen LogP contribution in [-0.2, 0) is 65.4 Å². The van der Waals surface area contributed by atoms with Gasteiger partial charge in [-0.25, -0.2) is 9.13 Å². The maximum Gasteiger partial charge on any atom is 0.472 e. The Bertz CT molecular complexity index is 2440. The second kappa shape index (κ2) is 76.6. The number of aliphatic hydroxyl groups excluding tert-OH is 1. The molecule has 0 heterocycles. The molecule has 0 rings (SSSR count). The molecule has 0 aromatic rings. The highest BCUT2D eigenvalue weighted by Gasteiger charge is 2.30. The fourth-order valence-electron chi connectivity index (χ4n) is 10.8. The van der Waals surface area contributed by atoms with Crippen LogP contribution in [-0.4, -0.2) is 96.7 Å². The monoisotopic (exact) mass is 1500 g/mol. The number of unbranched alkanes of at least 4 members (excludes halogenated alkanes) is 30. The van der Waals surface area contributed by atoms with E-state index in [-0.39, 0.29) is 25.7 Å². The van der Waals surface area contributed by atoms with Crippen molar-refractivity contribution in [3.05, 3.63) is 122 Å². The topological polar surface area (TPSA) is 237 Å². The van der Waals surface area contributed by atoms with Gasteiger partial charge < -0.3 is 33.8 Å². The van der Waals surface area contributed by atoms with E-state index >= 15 is 0 Å². The van der Waals surface area contributed by atoms with Crippen molar-refractivity contribution < 1.29 is 80.2 Å². The molecule has 0 radical (unpaired) electrons. The predicted octanol–water partition coefficient (Wildman–Crippen LogP) is 23.9. The van der Waals surface area contributed by atoms with Crippen LogP contribution < -0.4 is 0 Å². The van der Waals surface area contributed by atoms with E-state index in [9.17, 15) is 43.2 Å². The largest absolute Gasteiger partial charge is 0.472 e. The van der Waals surface area contributed by atoms with Gasteiger partial charge in [0.1, 0.15) is 19.3 Å². The highest BCUT2D eigenvalue weighted by Crippen LogP contribution is 2.45. The molecule has 0 fully saturated rings. The Hall–Kier alpha value is -4.54. The van der Waals surface area contributed by atoms with E-state index in [0.717, 1.165) is 128 Å². The first-order chi connectivity index (χ1) is 50.7. The molecule has 0 aliphatic carbocycles. The van der Waals surface area contributed by atoms with Crippen LogP contribution in [0.1, 0.15) is 336 Å². The van der Waals surface area contributed by atoms with Gasteiger partial charge in [-0.2, -0.15) is 0 Å². The summed E-state index contributed by atoms with van der Waals surface area (Å²) < 4.78 is 68.5. The van der Waals surface area contributed by atoms with Crippen molar-refractivity contribution in [3.8, 4) is 0 Å². The Labute approximate surface area is 632 Å². The number of phosphoric acid groups is 2. The van der Waals surface area contributed by atoms with Gasteiger partial charge in [0.15, 0.2) is 12.2 Å². The first-order valence-corrected chi connectivity index (χ1v) is 43.8. The molecule has 0 saturated heterocycles. The van der Waals surface area contributed by atoms with E-state index in [1.165, 1.54) is 122 Å². The number of carbonyl (C=O) groups excluding carboxylic acids is 4. The zero-order chi connectivity index (χ0) is 76.0. The van der Waals surface area contributed by atoms with E-state index in [2.05, 4.69) is 137 Å². The van der Waals surface area contributed by atoms with Crippen molar-refractivity contribution in [1.29, 1.82) is 0 Å². The molecule has 17 nitrogen and oxygen atoms in total. The van der Waals surface area contributed by atoms with Gasteiger partial charge in [-0.3, -0.25) is 37.3 Å². The highest BCUT2D eigenvalue weighted by atomic mass is 31.2. The van der Waals surface area contributed by atoms with Gasteiger partial charge in [0.05, 0.1) is 26.4 Å². The number of phosphoric ester groups is 2. The predicted molar refractivity (Wildman–Crippen MR) is 427 cm³/mol. The lowest BCUT2D eigenvalue weighted by Crippen LogP contribution is -2.30. The molecule has 598 valence electrons. The summed E-state index contributed by atoms with van der Waals surface area (Å²) in [6.45, 7) is 4.65. The molecule has 0 aliphatic rings. The summed E-state index contributed by atoms with van der Waals surface area (Å²) in [6.07, 6.45) is 84.7. The summed E-state index contributed by atoms with van der Waals surface area (Å²) in [5.41, 5.74) is 0. The zero-order valence-electron chi connectivity index (χ0n) is 65.4. The summed E-state index contributed by atoms with van der Waals surface area (Å²) >= 11 is 0. The minimum atomic E-state index is -4.99. The van der Waals surface area contributed by atoms with Gasteiger partial charge >= 0.3 is 39.5 Å². The number of carbonyl (C=O) groups is 4. The number of hydrogen-bond donors (Lipinski definition) is 3. The zero-order valence-corrected chi connectivity index (χ0v) is 67.2.